The zero-order chi connectivity index (χ0) is 14.1. The highest BCUT2D eigenvalue weighted by molar-refractivity contribution is 5.69. The summed E-state index contributed by atoms with van der Waals surface area (Å²) in [7, 11) is 0. The summed E-state index contributed by atoms with van der Waals surface area (Å²) in [5.41, 5.74) is -0.127. The molecule has 1 N–H and O–H groups in total. The van der Waals surface area contributed by atoms with Gasteiger partial charge in [0.2, 0.25) is 0 Å². The van der Waals surface area contributed by atoms with Crippen LogP contribution >= 0.6 is 0 Å². The molecule has 2 aliphatic rings. The van der Waals surface area contributed by atoms with Gasteiger partial charge in [0.1, 0.15) is 5.60 Å². The smallest absolute Gasteiger partial charge is 0.410 e. The van der Waals surface area contributed by atoms with Crippen LogP contribution in [0.2, 0.25) is 0 Å². The number of rotatable bonds is 1. The largest absolute Gasteiger partial charge is 0.444 e. The van der Waals surface area contributed by atoms with Gasteiger partial charge in [-0.25, -0.2) is 4.79 Å². The molecule has 1 amide bonds. The zero-order valence-electron chi connectivity index (χ0n) is 12.8. The van der Waals surface area contributed by atoms with Crippen LogP contribution in [0.4, 0.5) is 4.79 Å². The van der Waals surface area contributed by atoms with E-state index in [0.717, 1.165) is 32.5 Å². The van der Waals surface area contributed by atoms with Crippen molar-refractivity contribution in [1.82, 2.24) is 10.2 Å². The van der Waals surface area contributed by atoms with Crippen LogP contribution in [-0.4, -0.2) is 42.3 Å². The molecule has 0 aromatic heterocycles. The number of amides is 1. The van der Waals surface area contributed by atoms with Crippen LogP contribution in [-0.2, 0) is 4.74 Å². The van der Waals surface area contributed by atoms with Gasteiger partial charge in [0.15, 0.2) is 0 Å². The lowest BCUT2D eigenvalue weighted by Gasteiger charge is -2.47. The minimum atomic E-state index is -0.409. The van der Waals surface area contributed by atoms with E-state index in [1.807, 2.05) is 25.7 Å². The number of piperidine rings is 1. The third kappa shape index (κ3) is 3.04. The van der Waals surface area contributed by atoms with E-state index in [4.69, 9.17) is 4.74 Å². The maximum atomic E-state index is 12.4. The van der Waals surface area contributed by atoms with Crippen molar-refractivity contribution in [2.45, 2.75) is 65.0 Å². The van der Waals surface area contributed by atoms with Crippen LogP contribution in [0, 0.1) is 5.41 Å². The number of carbonyl (C=O) groups is 1. The average molecular weight is 268 g/mol. The average Bonchev–Trinajstić information content (AvgIpc) is 2.75. The fraction of sp³-hybridized carbons (Fsp3) is 0.933. The van der Waals surface area contributed by atoms with Crippen molar-refractivity contribution in [2.24, 2.45) is 5.41 Å². The van der Waals surface area contributed by atoms with Crippen molar-refractivity contribution in [2.75, 3.05) is 19.6 Å². The van der Waals surface area contributed by atoms with E-state index in [0.29, 0.717) is 6.04 Å². The molecule has 0 aliphatic carbocycles. The van der Waals surface area contributed by atoms with Crippen molar-refractivity contribution < 1.29 is 9.53 Å². The van der Waals surface area contributed by atoms with Gasteiger partial charge in [-0.2, -0.15) is 0 Å². The summed E-state index contributed by atoms with van der Waals surface area (Å²) in [6, 6.07) is 0.325. The first-order valence-corrected chi connectivity index (χ1v) is 7.58. The Labute approximate surface area is 116 Å². The summed E-state index contributed by atoms with van der Waals surface area (Å²) in [6.07, 6.45) is 4.39. The first kappa shape index (κ1) is 14.6. The first-order chi connectivity index (χ1) is 8.88. The molecule has 2 fully saturated rings. The monoisotopic (exact) mass is 268 g/mol. The highest BCUT2D eigenvalue weighted by Gasteiger charge is 2.47. The summed E-state index contributed by atoms with van der Waals surface area (Å²) in [5.74, 6) is 0. The molecule has 2 rings (SSSR count). The molecular formula is C15H28N2O2. The molecule has 0 aromatic carbocycles. The topological polar surface area (TPSA) is 41.6 Å². The molecule has 19 heavy (non-hydrogen) atoms. The highest BCUT2D eigenvalue weighted by atomic mass is 16.6. The molecule has 0 radical (unpaired) electrons. The third-order valence-electron chi connectivity index (χ3n) is 4.45. The molecule has 2 unspecified atom stereocenters. The molecular weight excluding hydrogens is 240 g/mol. The van der Waals surface area contributed by atoms with Gasteiger partial charge in [0.25, 0.3) is 0 Å². The Balaban J connectivity index is 2.13. The van der Waals surface area contributed by atoms with Crippen molar-refractivity contribution in [3.63, 3.8) is 0 Å². The van der Waals surface area contributed by atoms with Gasteiger partial charge >= 0.3 is 6.09 Å². The Kier molecular flexibility index (Phi) is 4.09. The molecule has 0 saturated carbocycles. The minimum absolute atomic E-state index is 0.134. The van der Waals surface area contributed by atoms with Crippen molar-refractivity contribution in [1.29, 1.82) is 0 Å². The standard InChI is InChI=1S/C15H28N2O2/c1-5-12-15(8-9-16-11-15)7-6-10-17(12)13(18)19-14(2,3)4/h12,16H,5-11H2,1-4H3. The summed E-state index contributed by atoms with van der Waals surface area (Å²) in [5, 5.41) is 3.48. The van der Waals surface area contributed by atoms with E-state index < -0.39 is 5.60 Å². The van der Waals surface area contributed by atoms with Gasteiger partial charge in [-0.1, -0.05) is 6.92 Å². The Morgan fingerprint density at radius 3 is 2.68 bits per heavy atom. The van der Waals surface area contributed by atoms with Gasteiger partial charge < -0.3 is 15.0 Å². The number of hydrogen-bond acceptors (Lipinski definition) is 3. The van der Waals surface area contributed by atoms with Crippen LogP contribution in [0.5, 0.6) is 0 Å². The van der Waals surface area contributed by atoms with Gasteiger partial charge in [0.05, 0.1) is 0 Å². The summed E-state index contributed by atoms with van der Waals surface area (Å²) in [6.45, 7) is 11.0. The maximum Gasteiger partial charge on any atom is 0.410 e. The van der Waals surface area contributed by atoms with Crippen LogP contribution in [0.1, 0.15) is 53.4 Å². The lowest BCUT2D eigenvalue weighted by molar-refractivity contribution is -0.0206. The summed E-state index contributed by atoms with van der Waals surface area (Å²) < 4.78 is 5.58. The van der Waals surface area contributed by atoms with E-state index in [2.05, 4.69) is 12.2 Å². The summed E-state index contributed by atoms with van der Waals surface area (Å²) in [4.78, 5) is 14.4. The Morgan fingerprint density at radius 2 is 2.16 bits per heavy atom. The van der Waals surface area contributed by atoms with E-state index in [1.165, 1.54) is 12.8 Å². The van der Waals surface area contributed by atoms with Gasteiger partial charge in [0, 0.05) is 24.5 Å². The second-order valence-electron chi connectivity index (χ2n) is 6.99. The minimum Gasteiger partial charge on any atom is -0.444 e. The van der Waals surface area contributed by atoms with Crippen LogP contribution < -0.4 is 5.32 Å². The number of ether oxygens (including phenoxy) is 1. The second kappa shape index (κ2) is 5.31. The highest BCUT2D eigenvalue weighted by Crippen LogP contribution is 2.42. The molecule has 0 aromatic rings. The second-order valence-corrected chi connectivity index (χ2v) is 6.99. The van der Waals surface area contributed by atoms with Crippen molar-refractivity contribution >= 4 is 6.09 Å². The number of likely N-dealkylation sites (tertiary alicyclic amines) is 1. The number of carbonyl (C=O) groups excluding carboxylic acids is 1. The Morgan fingerprint density at radius 1 is 1.42 bits per heavy atom. The van der Waals surface area contributed by atoms with Crippen LogP contribution in [0.25, 0.3) is 0 Å². The van der Waals surface area contributed by atoms with Crippen LogP contribution in [0.15, 0.2) is 0 Å². The van der Waals surface area contributed by atoms with E-state index in [-0.39, 0.29) is 11.5 Å². The van der Waals surface area contributed by atoms with Gasteiger partial charge in [-0.15, -0.1) is 0 Å². The van der Waals surface area contributed by atoms with E-state index >= 15 is 0 Å². The molecule has 4 nitrogen and oxygen atoms in total. The summed E-state index contributed by atoms with van der Waals surface area (Å²) >= 11 is 0. The first-order valence-electron chi connectivity index (χ1n) is 7.58. The quantitative estimate of drug-likeness (QED) is 0.795. The SMILES string of the molecule is CCC1N(C(=O)OC(C)(C)C)CCCC12CCNC2. The van der Waals surface area contributed by atoms with Crippen LogP contribution in [0.3, 0.4) is 0 Å². The van der Waals surface area contributed by atoms with E-state index in [1.54, 1.807) is 0 Å². The molecule has 4 heteroatoms. The fourth-order valence-corrected chi connectivity index (χ4v) is 3.71. The molecule has 110 valence electrons. The normalized spacial score (nSPS) is 31.8. The molecule has 0 bridgehead atoms. The predicted octanol–water partition coefficient (Wildman–Crippen LogP) is 2.78. The third-order valence-corrected chi connectivity index (χ3v) is 4.45. The lowest BCUT2D eigenvalue weighted by Crippen LogP contribution is -2.56. The van der Waals surface area contributed by atoms with Gasteiger partial charge in [-0.3, -0.25) is 0 Å². The van der Waals surface area contributed by atoms with Crippen molar-refractivity contribution in [3.05, 3.63) is 0 Å². The number of hydrogen-bond donors (Lipinski definition) is 1. The molecule has 2 aliphatic heterocycles. The Hall–Kier alpha value is -0.770. The predicted molar refractivity (Wildman–Crippen MR) is 76.2 cm³/mol. The Bertz CT molecular complexity index is 330. The van der Waals surface area contributed by atoms with Crippen molar-refractivity contribution in [3.8, 4) is 0 Å². The van der Waals surface area contributed by atoms with Gasteiger partial charge in [-0.05, 0) is 53.0 Å². The lowest BCUT2D eigenvalue weighted by atomic mass is 9.71. The molecule has 2 atom stereocenters. The maximum absolute atomic E-state index is 12.4. The molecule has 2 saturated heterocycles. The molecule has 1 spiro atoms. The number of nitrogens with one attached hydrogen (secondary N) is 1. The zero-order valence-corrected chi connectivity index (χ0v) is 12.8. The fourth-order valence-electron chi connectivity index (χ4n) is 3.71. The molecule has 2 heterocycles. The van der Waals surface area contributed by atoms with E-state index in [9.17, 15) is 4.79 Å². The number of nitrogens with zero attached hydrogens (tertiary/aromatic N) is 1.